The van der Waals surface area contributed by atoms with Crippen molar-refractivity contribution in [1.82, 2.24) is 9.55 Å². The van der Waals surface area contributed by atoms with Gasteiger partial charge in [0.2, 0.25) is 5.91 Å². The molecular weight excluding hydrogens is 392 g/mol. The molecule has 3 aromatic rings. The van der Waals surface area contributed by atoms with Crippen LogP contribution < -0.4 is 10.9 Å². The van der Waals surface area contributed by atoms with E-state index in [1.807, 2.05) is 0 Å². The molecule has 0 aliphatic heterocycles. The first-order valence-electron chi connectivity index (χ1n) is 8.33. The molecule has 2 aromatic heterocycles. The highest BCUT2D eigenvalue weighted by Gasteiger charge is 2.22. The summed E-state index contributed by atoms with van der Waals surface area (Å²) in [5.74, 6) is -2.06. The van der Waals surface area contributed by atoms with Gasteiger partial charge in [-0.25, -0.2) is 13.8 Å². The summed E-state index contributed by atoms with van der Waals surface area (Å²) in [5.41, 5.74) is 0.921. The SMILES string of the molecule is Cn1c(SCC(=O)Nc2ccc(F)cc2F)nc2sc3c(c2c1=O)CCC3. The molecule has 1 aliphatic carbocycles. The molecule has 0 atom stereocenters. The summed E-state index contributed by atoms with van der Waals surface area (Å²) >= 11 is 2.64. The lowest BCUT2D eigenvalue weighted by molar-refractivity contribution is -0.113. The maximum Gasteiger partial charge on any atom is 0.262 e. The average Bonchev–Trinajstić information content (AvgIpc) is 3.20. The largest absolute Gasteiger partial charge is 0.323 e. The molecule has 0 saturated heterocycles. The van der Waals surface area contributed by atoms with Gasteiger partial charge in [0.15, 0.2) is 5.16 Å². The fourth-order valence-corrected chi connectivity index (χ4v) is 5.22. The fraction of sp³-hybridized carbons (Fsp3) is 0.278. The number of carbonyl (C=O) groups is 1. The molecule has 0 unspecified atom stereocenters. The molecule has 0 saturated carbocycles. The Balaban J connectivity index is 1.53. The molecule has 2 heterocycles. The fourth-order valence-electron chi connectivity index (χ4n) is 3.14. The summed E-state index contributed by atoms with van der Waals surface area (Å²) < 4.78 is 28.0. The van der Waals surface area contributed by atoms with Gasteiger partial charge >= 0.3 is 0 Å². The van der Waals surface area contributed by atoms with Crippen molar-refractivity contribution < 1.29 is 13.6 Å². The Kier molecular flexibility index (Phi) is 4.73. The van der Waals surface area contributed by atoms with E-state index in [0.29, 0.717) is 21.4 Å². The number of hydrogen-bond donors (Lipinski definition) is 1. The van der Waals surface area contributed by atoms with Crippen LogP contribution in [0.5, 0.6) is 0 Å². The maximum absolute atomic E-state index is 13.6. The average molecular weight is 407 g/mol. The Labute approximate surface area is 161 Å². The monoisotopic (exact) mass is 407 g/mol. The van der Waals surface area contributed by atoms with Crippen LogP contribution in [-0.2, 0) is 24.7 Å². The Morgan fingerprint density at radius 3 is 2.96 bits per heavy atom. The first-order chi connectivity index (χ1) is 12.9. The smallest absolute Gasteiger partial charge is 0.262 e. The molecule has 9 heteroatoms. The van der Waals surface area contributed by atoms with Crippen LogP contribution in [-0.4, -0.2) is 21.2 Å². The summed E-state index contributed by atoms with van der Waals surface area (Å²) in [6, 6.07) is 2.94. The highest BCUT2D eigenvalue weighted by Crippen LogP contribution is 2.35. The molecule has 1 aromatic carbocycles. The second-order valence-electron chi connectivity index (χ2n) is 6.26. The van der Waals surface area contributed by atoms with Gasteiger partial charge in [-0.3, -0.25) is 14.2 Å². The highest BCUT2D eigenvalue weighted by atomic mass is 32.2. The predicted molar refractivity (Wildman–Crippen MR) is 103 cm³/mol. The summed E-state index contributed by atoms with van der Waals surface area (Å²) in [5, 5.41) is 3.52. The van der Waals surface area contributed by atoms with E-state index in [1.54, 1.807) is 18.4 Å². The number of aryl methyl sites for hydroxylation is 2. The Bertz CT molecular complexity index is 1120. The zero-order chi connectivity index (χ0) is 19.1. The third kappa shape index (κ3) is 3.37. The molecule has 1 amide bonds. The first-order valence-corrected chi connectivity index (χ1v) is 10.1. The molecule has 0 fully saturated rings. The van der Waals surface area contributed by atoms with E-state index in [1.165, 1.54) is 15.5 Å². The van der Waals surface area contributed by atoms with Crippen molar-refractivity contribution in [2.45, 2.75) is 24.4 Å². The van der Waals surface area contributed by atoms with E-state index in [4.69, 9.17) is 0 Å². The van der Waals surface area contributed by atoms with E-state index in [9.17, 15) is 18.4 Å². The van der Waals surface area contributed by atoms with Crippen LogP contribution in [0.2, 0.25) is 0 Å². The minimum Gasteiger partial charge on any atom is -0.323 e. The van der Waals surface area contributed by atoms with Crippen molar-refractivity contribution in [3.05, 3.63) is 50.6 Å². The van der Waals surface area contributed by atoms with E-state index in [2.05, 4.69) is 10.3 Å². The van der Waals surface area contributed by atoms with Crippen molar-refractivity contribution in [3.8, 4) is 0 Å². The van der Waals surface area contributed by atoms with Gasteiger partial charge in [0, 0.05) is 18.0 Å². The van der Waals surface area contributed by atoms with E-state index in [-0.39, 0.29) is 17.0 Å². The van der Waals surface area contributed by atoms with Gasteiger partial charge in [0.25, 0.3) is 5.56 Å². The number of amides is 1. The van der Waals surface area contributed by atoms with Gasteiger partial charge in [-0.15, -0.1) is 11.3 Å². The van der Waals surface area contributed by atoms with Gasteiger partial charge in [-0.2, -0.15) is 0 Å². The lowest BCUT2D eigenvalue weighted by Gasteiger charge is -2.09. The number of rotatable bonds is 4. The molecule has 27 heavy (non-hydrogen) atoms. The molecule has 1 N–H and O–H groups in total. The van der Waals surface area contributed by atoms with Crippen molar-refractivity contribution in [2.75, 3.05) is 11.1 Å². The molecule has 0 radical (unpaired) electrons. The van der Waals surface area contributed by atoms with Gasteiger partial charge in [0.1, 0.15) is 16.5 Å². The second kappa shape index (κ2) is 7.05. The number of hydrogen-bond acceptors (Lipinski definition) is 5. The van der Waals surface area contributed by atoms with Crippen LogP contribution in [0.3, 0.4) is 0 Å². The number of anilines is 1. The van der Waals surface area contributed by atoms with Crippen molar-refractivity contribution in [1.29, 1.82) is 0 Å². The number of benzene rings is 1. The Hall–Kier alpha value is -2.26. The number of thioether (sulfide) groups is 1. The van der Waals surface area contributed by atoms with Gasteiger partial charge < -0.3 is 5.32 Å². The number of halogens is 2. The molecule has 0 spiro atoms. The quantitative estimate of drug-likeness (QED) is 0.531. The molecule has 5 nitrogen and oxygen atoms in total. The number of fused-ring (bicyclic) bond motifs is 3. The van der Waals surface area contributed by atoms with Crippen LogP contribution in [0.25, 0.3) is 10.2 Å². The maximum atomic E-state index is 13.6. The zero-order valence-corrected chi connectivity index (χ0v) is 16.0. The summed E-state index contributed by atoms with van der Waals surface area (Å²) in [7, 11) is 1.63. The normalized spacial score (nSPS) is 13.1. The van der Waals surface area contributed by atoms with Crippen molar-refractivity contribution in [3.63, 3.8) is 0 Å². The lowest BCUT2D eigenvalue weighted by Crippen LogP contribution is -2.21. The Morgan fingerprint density at radius 2 is 2.19 bits per heavy atom. The number of thiophene rings is 1. The lowest BCUT2D eigenvalue weighted by atomic mass is 10.2. The molecule has 140 valence electrons. The van der Waals surface area contributed by atoms with E-state index < -0.39 is 17.5 Å². The second-order valence-corrected chi connectivity index (χ2v) is 8.28. The minimum atomic E-state index is -0.839. The highest BCUT2D eigenvalue weighted by molar-refractivity contribution is 7.99. The number of nitrogens with one attached hydrogen (secondary N) is 1. The number of aromatic nitrogens is 2. The topological polar surface area (TPSA) is 64.0 Å². The first kappa shape index (κ1) is 18.1. The van der Waals surface area contributed by atoms with Crippen LogP contribution in [0.15, 0.2) is 28.2 Å². The summed E-state index contributed by atoms with van der Waals surface area (Å²) in [6.07, 6.45) is 2.95. The number of carbonyl (C=O) groups excluding carboxylic acids is 1. The molecule has 0 bridgehead atoms. The van der Waals surface area contributed by atoms with Gasteiger partial charge in [-0.1, -0.05) is 11.8 Å². The van der Waals surface area contributed by atoms with Crippen LogP contribution in [0.4, 0.5) is 14.5 Å². The molecule has 1 aliphatic rings. The minimum absolute atomic E-state index is 0.0479. The zero-order valence-electron chi connectivity index (χ0n) is 14.3. The predicted octanol–water partition coefficient (Wildman–Crippen LogP) is 3.49. The van der Waals surface area contributed by atoms with E-state index >= 15 is 0 Å². The van der Waals surface area contributed by atoms with E-state index in [0.717, 1.165) is 42.7 Å². The summed E-state index contributed by atoms with van der Waals surface area (Å²) in [6.45, 7) is 0. The molecular formula is C18H15F2N3O2S2. The van der Waals surface area contributed by atoms with Crippen LogP contribution in [0.1, 0.15) is 16.9 Å². The number of nitrogens with zero attached hydrogens (tertiary/aromatic N) is 2. The third-order valence-corrected chi connectivity index (χ3v) is 6.66. The standard InChI is InChI=1S/C18H15F2N3O2S2/c1-23-17(25)15-10-3-2-4-13(10)27-16(15)22-18(23)26-8-14(24)21-12-6-5-9(19)7-11(12)20/h5-7H,2-4,8H2,1H3,(H,21,24). The molecule has 4 rings (SSSR count). The van der Waals surface area contributed by atoms with Crippen LogP contribution >= 0.6 is 23.1 Å². The third-order valence-electron chi connectivity index (χ3n) is 4.44. The van der Waals surface area contributed by atoms with Crippen molar-refractivity contribution >= 4 is 44.9 Å². The Morgan fingerprint density at radius 1 is 1.37 bits per heavy atom. The van der Waals surface area contributed by atoms with Gasteiger partial charge in [0.05, 0.1) is 16.8 Å². The van der Waals surface area contributed by atoms with Gasteiger partial charge in [-0.05, 0) is 37.0 Å². The summed E-state index contributed by atoms with van der Waals surface area (Å²) in [4.78, 5) is 31.3. The van der Waals surface area contributed by atoms with Crippen molar-refractivity contribution in [2.24, 2.45) is 7.05 Å². The van der Waals surface area contributed by atoms with Crippen LogP contribution in [0, 0.1) is 11.6 Å².